The van der Waals surface area contributed by atoms with Gasteiger partial charge in [0.1, 0.15) is 0 Å². The van der Waals surface area contributed by atoms with Gasteiger partial charge in [0.05, 0.1) is 11.9 Å². The fraction of sp³-hybridized carbons (Fsp3) is 0.400. The lowest BCUT2D eigenvalue weighted by molar-refractivity contribution is 0.558. The number of fused-ring (bicyclic) bond motifs is 1. The lowest BCUT2D eigenvalue weighted by Gasteiger charge is -2.19. The standard InChI is InChI=1S/C15H19N3/c1-10-6-11(2)8-12(7-10)18-15-5-3-4-14(16)13(15)9-17-18/h6-9,14H,3-5,16H2,1-2H3/t14-/m1/s1. The topological polar surface area (TPSA) is 43.8 Å². The van der Waals surface area contributed by atoms with Gasteiger partial charge in [-0.1, -0.05) is 6.07 Å². The van der Waals surface area contributed by atoms with Crippen LogP contribution in [0.15, 0.2) is 24.4 Å². The van der Waals surface area contributed by atoms with Gasteiger partial charge < -0.3 is 5.73 Å². The van der Waals surface area contributed by atoms with E-state index in [1.165, 1.54) is 22.4 Å². The molecule has 0 amide bonds. The second kappa shape index (κ2) is 4.25. The molecule has 18 heavy (non-hydrogen) atoms. The highest BCUT2D eigenvalue weighted by Gasteiger charge is 2.21. The zero-order chi connectivity index (χ0) is 12.7. The lowest BCUT2D eigenvalue weighted by atomic mass is 9.94. The van der Waals surface area contributed by atoms with Crippen molar-refractivity contribution in [2.24, 2.45) is 5.73 Å². The van der Waals surface area contributed by atoms with Gasteiger partial charge in [-0.15, -0.1) is 0 Å². The molecule has 0 bridgehead atoms. The molecule has 0 fully saturated rings. The molecule has 0 aliphatic heterocycles. The minimum Gasteiger partial charge on any atom is -0.324 e. The van der Waals surface area contributed by atoms with E-state index < -0.39 is 0 Å². The highest BCUT2D eigenvalue weighted by Crippen LogP contribution is 2.29. The summed E-state index contributed by atoms with van der Waals surface area (Å²) in [6.45, 7) is 4.25. The summed E-state index contributed by atoms with van der Waals surface area (Å²) >= 11 is 0. The molecule has 1 aliphatic rings. The van der Waals surface area contributed by atoms with Crippen molar-refractivity contribution in [3.05, 3.63) is 46.8 Å². The normalized spacial score (nSPS) is 18.7. The molecule has 2 N–H and O–H groups in total. The first-order chi connectivity index (χ1) is 8.65. The Labute approximate surface area is 108 Å². The molecule has 1 heterocycles. The molecule has 0 radical (unpaired) electrons. The Morgan fingerprint density at radius 2 is 1.94 bits per heavy atom. The summed E-state index contributed by atoms with van der Waals surface area (Å²) in [5.41, 5.74) is 12.4. The Hall–Kier alpha value is -1.61. The van der Waals surface area contributed by atoms with E-state index in [2.05, 4.69) is 41.8 Å². The van der Waals surface area contributed by atoms with Gasteiger partial charge in [0.25, 0.3) is 0 Å². The van der Waals surface area contributed by atoms with Gasteiger partial charge in [-0.25, -0.2) is 4.68 Å². The van der Waals surface area contributed by atoms with Crippen molar-refractivity contribution in [3.63, 3.8) is 0 Å². The van der Waals surface area contributed by atoms with E-state index >= 15 is 0 Å². The van der Waals surface area contributed by atoms with Crippen molar-refractivity contribution in [1.29, 1.82) is 0 Å². The van der Waals surface area contributed by atoms with Crippen molar-refractivity contribution in [3.8, 4) is 5.69 Å². The molecule has 3 heteroatoms. The Morgan fingerprint density at radius 3 is 2.67 bits per heavy atom. The maximum absolute atomic E-state index is 6.14. The van der Waals surface area contributed by atoms with Crippen LogP contribution in [-0.4, -0.2) is 9.78 Å². The Kier molecular flexibility index (Phi) is 2.71. The van der Waals surface area contributed by atoms with E-state index in [-0.39, 0.29) is 6.04 Å². The maximum atomic E-state index is 6.14. The van der Waals surface area contributed by atoms with Crippen molar-refractivity contribution in [2.45, 2.75) is 39.2 Å². The van der Waals surface area contributed by atoms with E-state index in [1.54, 1.807) is 0 Å². The first kappa shape index (κ1) is 11.5. The van der Waals surface area contributed by atoms with E-state index in [4.69, 9.17) is 5.73 Å². The van der Waals surface area contributed by atoms with Crippen LogP contribution >= 0.6 is 0 Å². The Bertz CT molecular complexity index is 563. The Morgan fingerprint density at radius 1 is 1.22 bits per heavy atom. The summed E-state index contributed by atoms with van der Waals surface area (Å²) in [5.74, 6) is 0. The largest absolute Gasteiger partial charge is 0.324 e. The molecule has 3 nitrogen and oxygen atoms in total. The Balaban J connectivity index is 2.12. The van der Waals surface area contributed by atoms with Crippen LogP contribution < -0.4 is 5.73 Å². The second-order valence-corrected chi connectivity index (χ2v) is 5.30. The molecular formula is C15H19N3. The van der Waals surface area contributed by atoms with Crippen LogP contribution in [0.3, 0.4) is 0 Å². The third-order valence-electron chi connectivity index (χ3n) is 3.68. The third kappa shape index (κ3) is 1.85. The predicted molar refractivity (Wildman–Crippen MR) is 72.9 cm³/mol. The molecule has 1 atom stereocenters. The zero-order valence-corrected chi connectivity index (χ0v) is 11.0. The van der Waals surface area contributed by atoms with Gasteiger partial charge in [-0.3, -0.25) is 0 Å². The van der Waals surface area contributed by atoms with Crippen molar-refractivity contribution >= 4 is 0 Å². The molecular weight excluding hydrogens is 222 g/mol. The van der Waals surface area contributed by atoms with Gasteiger partial charge in [0, 0.05) is 17.3 Å². The van der Waals surface area contributed by atoms with E-state index in [0.717, 1.165) is 24.9 Å². The number of benzene rings is 1. The molecule has 94 valence electrons. The summed E-state index contributed by atoms with van der Waals surface area (Å²) in [4.78, 5) is 0. The van der Waals surface area contributed by atoms with Crippen LogP contribution in [0.25, 0.3) is 5.69 Å². The van der Waals surface area contributed by atoms with Crippen LogP contribution in [0, 0.1) is 13.8 Å². The number of aryl methyl sites for hydroxylation is 2. The number of hydrogen-bond donors (Lipinski definition) is 1. The fourth-order valence-corrected chi connectivity index (χ4v) is 2.89. The van der Waals surface area contributed by atoms with E-state index in [0.29, 0.717) is 0 Å². The molecule has 3 rings (SSSR count). The first-order valence-electron chi connectivity index (χ1n) is 6.56. The highest BCUT2D eigenvalue weighted by atomic mass is 15.3. The molecule has 0 saturated heterocycles. The maximum Gasteiger partial charge on any atom is 0.0654 e. The van der Waals surface area contributed by atoms with Crippen LogP contribution in [0.1, 0.15) is 41.3 Å². The number of rotatable bonds is 1. The third-order valence-corrected chi connectivity index (χ3v) is 3.68. The van der Waals surface area contributed by atoms with Gasteiger partial charge >= 0.3 is 0 Å². The van der Waals surface area contributed by atoms with Crippen molar-refractivity contribution in [1.82, 2.24) is 9.78 Å². The summed E-state index contributed by atoms with van der Waals surface area (Å²) in [7, 11) is 0. The summed E-state index contributed by atoms with van der Waals surface area (Å²) < 4.78 is 2.06. The average Bonchev–Trinajstić information content (AvgIpc) is 2.73. The van der Waals surface area contributed by atoms with Crippen LogP contribution in [0.4, 0.5) is 0 Å². The number of nitrogens with two attached hydrogens (primary N) is 1. The van der Waals surface area contributed by atoms with Gasteiger partial charge in [-0.2, -0.15) is 5.10 Å². The summed E-state index contributed by atoms with van der Waals surface area (Å²) in [5, 5.41) is 4.54. The molecule has 1 aromatic heterocycles. The van der Waals surface area contributed by atoms with Crippen molar-refractivity contribution < 1.29 is 0 Å². The predicted octanol–water partition coefficient (Wildman–Crippen LogP) is 2.83. The minimum atomic E-state index is 0.161. The molecule has 0 unspecified atom stereocenters. The molecule has 2 aromatic rings. The molecule has 1 aliphatic carbocycles. The van der Waals surface area contributed by atoms with Gasteiger partial charge in [0.2, 0.25) is 0 Å². The summed E-state index contributed by atoms with van der Waals surface area (Å²) in [6, 6.07) is 6.71. The number of aromatic nitrogens is 2. The number of hydrogen-bond acceptors (Lipinski definition) is 2. The smallest absolute Gasteiger partial charge is 0.0654 e. The van der Waals surface area contributed by atoms with Crippen LogP contribution in [0.5, 0.6) is 0 Å². The molecule has 0 spiro atoms. The highest BCUT2D eigenvalue weighted by molar-refractivity contribution is 5.42. The van der Waals surface area contributed by atoms with Crippen LogP contribution in [-0.2, 0) is 6.42 Å². The van der Waals surface area contributed by atoms with Gasteiger partial charge in [0.15, 0.2) is 0 Å². The van der Waals surface area contributed by atoms with Gasteiger partial charge in [-0.05, 0) is 56.4 Å². The first-order valence-corrected chi connectivity index (χ1v) is 6.56. The van der Waals surface area contributed by atoms with Crippen molar-refractivity contribution in [2.75, 3.05) is 0 Å². The SMILES string of the molecule is Cc1cc(C)cc(-n2ncc3c2CCC[C@H]3N)c1. The zero-order valence-electron chi connectivity index (χ0n) is 11.0. The lowest BCUT2D eigenvalue weighted by Crippen LogP contribution is -2.18. The second-order valence-electron chi connectivity index (χ2n) is 5.30. The quantitative estimate of drug-likeness (QED) is 0.834. The minimum absolute atomic E-state index is 0.161. The fourth-order valence-electron chi connectivity index (χ4n) is 2.89. The molecule has 1 aromatic carbocycles. The van der Waals surface area contributed by atoms with E-state index in [9.17, 15) is 0 Å². The van der Waals surface area contributed by atoms with Crippen LogP contribution in [0.2, 0.25) is 0 Å². The monoisotopic (exact) mass is 241 g/mol. The number of nitrogens with zero attached hydrogens (tertiary/aromatic N) is 2. The summed E-state index contributed by atoms with van der Waals surface area (Å²) in [6.07, 6.45) is 5.25. The van der Waals surface area contributed by atoms with E-state index in [1.807, 2.05) is 6.20 Å². The molecule has 0 saturated carbocycles. The average molecular weight is 241 g/mol.